The lowest BCUT2D eigenvalue weighted by atomic mass is 10.1. The highest BCUT2D eigenvalue weighted by Gasteiger charge is 2.42. The molecule has 25 heavy (non-hydrogen) atoms. The molecule has 2 heterocycles. The van der Waals surface area contributed by atoms with Crippen molar-refractivity contribution in [1.82, 2.24) is 9.21 Å². The molecule has 1 aromatic rings. The molecule has 1 saturated heterocycles. The third-order valence-electron chi connectivity index (χ3n) is 4.82. The van der Waals surface area contributed by atoms with E-state index < -0.39 is 10.0 Å². The van der Waals surface area contributed by atoms with Crippen molar-refractivity contribution in [2.45, 2.75) is 36.8 Å². The van der Waals surface area contributed by atoms with E-state index in [-0.39, 0.29) is 29.6 Å². The van der Waals surface area contributed by atoms with Crippen molar-refractivity contribution in [1.29, 1.82) is 0 Å². The van der Waals surface area contributed by atoms with Crippen LogP contribution in [0.2, 0.25) is 0 Å². The molecule has 2 aliphatic rings. The summed E-state index contributed by atoms with van der Waals surface area (Å²) in [6, 6.07) is 6.48. The van der Waals surface area contributed by atoms with Gasteiger partial charge in [-0.05, 0) is 18.6 Å². The maximum Gasteiger partial charge on any atom is 0.248 e. The number of rotatable bonds is 3. The maximum atomic E-state index is 13.1. The predicted octanol–water partition coefficient (Wildman–Crippen LogP) is 1.10. The van der Waals surface area contributed by atoms with Crippen LogP contribution in [0, 0.1) is 0 Å². The Bertz CT molecular complexity index is 736. The van der Waals surface area contributed by atoms with Gasteiger partial charge in [0.15, 0.2) is 0 Å². The van der Waals surface area contributed by atoms with Crippen LogP contribution in [0.3, 0.4) is 0 Å². The zero-order chi connectivity index (χ0) is 18.0. The molecule has 3 rings (SSSR count). The Balaban J connectivity index is 1.94. The minimum atomic E-state index is -3.62. The van der Waals surface area contributed by atoms with Gasteiger partial charge in [0.25, 0.3) is 0 Å². The Morgan fingerprint density at radius 3 is 2.72 bits per heavy atom. The molecule has 138 valence electrons. The summed E-state index contributed by atoms with van der Waals surface area (Å²) in [4.78, 5) is 14.1. The smallest absolute Gasteiger partial charge is 0.248 e. The molecular formula is C17H24N2O5S. The number of ether oxygens (including phenoxy) is 2. The molecule has 2 atom stereocenters. The molecule has 0 N–H and O–H groups in total. The van der Waals surface area contributed by atoms with E-state index in [1.807, 2.05) is 6.92 Å². The molecule has 1 fully saturated rings. The van der Waals surface area contributed by atoms with Crippen molar-refractivity contribution >= 4 is 15.9 Å². The topological polar surface area (TPSA) is 76.2 Å². The fourth-order valence-corrected chi connectivity index (χ4v) is 5.44. The number of hydrogen-bond donors (Lipinski definition) is 0. The molecule has 0 bridgehead atoms. The third kappa shape index (κ3) is 3.38. The van der Waals surface area contributed by atoms with Crippen LogP contribution in [0.4, 0.5) is 0 Å². The van der Waals surface area contributed by atoms with Crippen molar-refractivity contribution in [3.05, 3.63) is 24.3 Å². The first-order chi connectivity index (χ1) is 12.0. The number of carbonyl (C=O) groups is 1. The maximum absolute atomic E-state index is 13.1. The van der Waals surface area contributed by atoms with Gasteiger partial charge in [0.2, 0.25) is 15.9 Å². The SMILES string of the molecule is CCN1[C@@H]2CCN(C(=O)COC)CC[C@H]2Oc2ccccc2S1(=O)=O. The average Bonchev–Trinajstić information content (AvgIpc) is 2.83. The van der Waals surface area contributed by atoms with Gasteiger partial charge in [-0.2, -0.15) is 4.31 Å². The number of carbonyl (C=O) groups excluding carboxylic acids is 1. The Kier molecular flexibility index (Phi) is 5.31. The first-order valence-electron chi connectivity index (χ1n) is 8.53. The van der Waals surface area contributed by atoms with Crippen molar-refractivity contribution in [3.8, 4) is 5.75 Å². The number of para-hydroxylation sites is 1. The molecule has 0 saturated carbocycles. The van der Waals surface area contributed by atoms with E-state index in [2.05, 4.69) is 0 Å². The number of nitrogens with zero attached hydrogens (tertiary/aromatic N) is 2. The van der Waals surface area contributed by atoms with Crippen molar-refractivity contribution < 1.29 is 22.7 Å². The zero-order valence-corrected chi connectivity index (χ0v) is 15.4. The van der Waals surface area contributed by atoms with Crippen molar-refractivity contribution in [2.24, 2.45) is 0 Å². The highest BCUT2D eigenvalue weighted by molar-refractivity contribution is 7.89. The van der Waals surface area contributed by atoms with Gasteiger partial charge in [0.1, 0.15) is 23.4 Å². The van der Waals surface area contributed by atoms with Crippen LogP contribution in [-0.2, 0) is 19.6 Å². The molecule has 1 amide bonds. The van der Waals surface area contributed by atoms with E-state index in [1.54, 1.807) is 29.2 Å². The van der Waals surface area contributed by atoms with Gasteiger partial charge in [-0.1, -0.05) is 19.1 Å². The Morgan fingerprint density at radius 1 is 1.28 bits per heavy atom. The summed E-state index contributed by atoms with van der Waals surface area (Å²) < 4.78 is 38.7. The lowest BCUT2D eigenvalue weighted by Gasteiger charge is -2.30. The average molecular weight is 368 g/mol. The molecule has 8 heteroatoms. The summed E-state index contributed by atoms with van der Waals surface area (Å²) in [7, 11) is -2.13. The second kappa shape index (κ2) is 7.31. The molecule has 0 aliphatic carbocycles. The predicted molar refractivity (Wildman–Crippen MR) is 91.9 cm³/mol. The van der Waals surface area contributed by atoms with Crippen molar-refractivity contribution in [2.75, 3.05) is 33.4 Å². The van der Waals surface area contributed by atoms with Gasteiger partial charge in [0.05, 0.1) is 6.04 Å². The molecule has 0 unspecified atom stereocenters. The van der Waals surface area contributed by atoms with E-state index in [4.69, 9.17) is 9.47 Å². The van der Waals surface area contributed by atoms with Gasteiger partial charge in [-0.3, -0.25) is 4.79 Å². The van der Waals surface area contributed by atoms with Crippen LogP contribution in [0.15, 0.2) is 29.2 Å². The van der Waals surface area contributed by atoms with Crippen LogP contribution in [0.25, 0.3) is 0 Å². The van der Waals surface area contributed by atoms with E-state index in [0.29, 0.717) is 38.2 Å². The minimum absolute atomic E-state index is 0.0365. The molecule has 0 radical (unpaired) electrons. The summed E-state index contributed by atoms with van der Waals surface area (Å²) in [6.45, 7) is 3.27. The summed E-state index contributed by atoms with van der Waals surface area (Å²) in [5.74, 6) is 0.315. The second-order valence-electron chi connectivity index (χ2n) is 6.27. The highest BCUT2D eigenvalue weighted by Crippen LogP contribution is 2.36. The quantitative estimate of drug-likeness (QED) is 0.798. The molecule has 0 aromatic heterocycles. The fraction of sp³-hybridized carbons (Fsp3) is 0.588. The number of amides is 1. The van der Waals surface area contributed by atoms with Crippen LogP contribution >= 0.6 is 0 Å². The number of sulfonamides is 1. The minimum Gasteiger partial charge on any atom is -0.487 e. The first kappa shape index (κ1) is 18.2. The Labute approximate surface area is 148 Å². The van der Waals surface area contributed by atoms with E-state index in [1.165, 1.54) is 11.4 Å². The normalized spacial score (nSPS) is 25.9. The summed E-state index contributed by atoms with van der Waals surface area (Å²) in [5.41, 5.74) is 0. The number of methoxy groups -OCH3 is 1. The van der Waals surface area contributed by atoms with Gasteiger partial charge in [-0.15, -0.1) is 0 Å². The highest BCUT2D eigenvalue weighted by atomic mass is 32.2. The zero-order valence-electron chi connectivity index (χ0n) is 14.6. The lowest BCUT2D eigenvalue weighted by molar-refractivity contribution is -0.135. The van der Waals surface area contributed by atoms with Crippen LogP contribution in [0.1, 0.15) is 19.8 Å². The van der Waals surface area contributed by atoms with Gasteiger partial charge in [0, 0.05) is 33.2 Å². The Morgan fingerprint density at radius 2 is 2.00 bits per heavy atom. The Hall–Kier alpha value is -1.64. The fourth-order valence-electron chi connectivity index (χ4n) is 3.63. The van der Waals surface area contributed by atoms with Crippen LogP contribution in [-0.4, -0.2) is 69.0 Å². The van der Waals surface area contributed by atoms with Crippen LogP contribution in [0.5, 0.6) is 5.75 Å². The van der Waals surface area contributed by atoms with E-state index in [9.17, 15) is 13.2 Å². The molecule has 0 spiro atoms. The van der Waals surface area contributed by atoms with Gasteiger partial charge >= 0.3 is 0 Å². The molecule has 1 aromatic carbocycles. The number of benzene rings is 1. The van der Waals surface area contributed by atoms with Gasteiger partial charge < -0.3 is 14.4 Å². The van der Waals surface area contributed by atoms with E-state index in [0.717, 1.165) is 0 Å². The monoisotopic (exact) mass is 368 g/mol. The number of likely N-dealkylation sites (tertiary alicyclic amines) is 1. The standard InChI is InChI=1S/C17H24N2O5S/c1-3-19-13-8-10-18(17(20)12-23-2)11-9-14(13)24-15-6-4-5-7-16(15)25(19,21)22/h4-7,13-14H,3,8-12H2,1-2H3/t13-,14-/m1/s1. The van der Waals surface area contributed by atoms with Crippen LogP contribution < -0.4 is 4.74 Å². The largest absolute Gasteiger partial charge is 0.487 e. The molecule has 7 nitrogen and oxygen atoms in total. The molecule has 2 aliphatic heterocycles. The number of likely N-dealkylation sites (N-methyl/N-ethyl adjacent to an activating group) is 1. The summed E-state index contributed by atoms with van der Waals surface area (Å²) >= 11 is 0. The summed E-state index contributed by atoms with van der Waals surface area (Å²) in [5, 5.41) is 0. The summed E-state index contributed by atoms with van der Waals surface area (Å²) in [6.07, 6.45) is 0.848. The lowest BCUT2D eigenvalue weighted by Crippen LogP contribution is -2.47. The third-order valence-corrected chi connectivity index (χ3v) is 6.86. The van der Waals surface area contributed by atoms with Gasteiger partial charge in [-0.25, -0.2) is 8.42 Å². The molecular weight excluding hydrogens is 344 g/mol. The first-order valence-corrected chi connectivity index (χ1v) is 9.97. The second-order valence-corrected chi connectivity index (χ2v) is 8.13. The van der Waals surface area contributed by atoms with Crippen molar-refractivity contribution in [3.63, 3.8) is 0 Å². The van der Waals surface area contributed by atoms with E-state index >= 15 is 0 Å². The number of fused-ring (bicyclic) bond motifs is 2. The number of hydrogen-bond acceptors (Lipinski definition) is 5.